The minimum absolute atomic E-state index is 0.0201. The molecule has 0 saturated heterocycles. The van der Waals surface area contributed by atoms with Crippen LogP contribution in [0.3, 0.4) is 0 Å². The second-order valence-electron chi connectivity index (χ2n) is 7.30. The lowest BCUT2D eigenvalue weighted by molar-refractivity contribution is -0.124. The highest BCUT2D eigenvalue weighted by atomic mass is 32.1. The van der Waals surface area contributed by atoms with E-state index in [2.05, 4.69) is 19.9 Å². The third-order valence-electron chi connectivity index (χ3n) is 4.73. The molecule has 0 aliphatic rings. The molecule has 2 heterocycles. The Bertz CT molecular complexity index is 1010. The van der Waals surface area contributed by atoms with Crippen molar-refractivity contribution in [3.05, 3.63) is 71.2 Å². The predicted molar refractivity (Wildman–Crippen MR) is 113 cm³/mol. The SMILES string of the molecule is CCC(C)(C)NC(=O)[C@@H](c1ccccn1)N(C(=O)c1csnn1)c1ccccc1F. The Kier molecular flexibility index (Phi) is 6.51. The smallest absolute Gasteiger partial charge is 0.280 e. The van der Waals surface area contributed by atoms with Gasteiger partial charge in [-0.1, -0.05) is 29.6 Å². The third-order valence-corrected chi connectivity index (χ3v) is 5.23. The Balaban J connectivity index is 2.17. The summed E-state index contributed by atoms with van der Waals surface area (Å²) in [6, 6.07) is 9.63. The Morgan fingerprint density at radius 1 is 1.20 bits per heavy atom. The number of halogens is 1. The van der Waals surface area contributed by atoms with E-state index in [0.717, 1.165) is 16.4 Å². The number of nitrogens with one attached hydrogen (secondary N) is 1. The largest absolute Gasteiger partial charge is 0.349 e. The second kappa shape index (κ2) is 9.08. The van der Waals surface area contributed by atoms with E-state index in [-0.39, 0.29) is 11.4 Å². The molecule has 2 aromatic heterocycles. The summed E-state index contributed by atoms with van der Waals surface area (Å²) in [4.78, 5) is 32.2. The van der Waals surface area contributed by atoms with Crippen molar-refractivity contribution in [3.8, 4) is 0 Å². The molecule has 0 fully saturated rings. The van der Waals surface area contributed by atoms with Crippen LogP contribution < -0.4 is 10.2 Å². The molecule has 0 spiro atoms. The van der Waals surface area contributed by atoms with Crippen LogP contribution >= 0.6 is 11.5 Å². The topological polar surface area (TPSA) is 88.1 Å². The van der Waals surface area contributed by atoms with Gasteiger partial charge in [0.25, 0.3) is 5.91 Å². The zero-order chi connectivity index (χ0) is 21.7. The first-order valence-electron chi connectivity index (χ1n) is 9.42. The van der Waals surface area contributed by atoms with E-state index in [1.165, 1.54) is 29.8 Å². The molecule has 0 saturated carbocycles. The van der Waals surface area contributed by atoms with Crippen molar-refractivity contribution in [1.82, 2.24) is 19.9 Å². The molecule has 0 aliphatic heterocycles. The number of hydrogen-bond acceptors (Lipinski definition) is 6. The first-order valence-corrected chi connectivity index (χ1v) is 10.3. The summed E-state index contributed by atoms with van der Waals surface area (Å²) in [7, 11) is 0. The fourth-order valence-electron chi connectivity index (χ4n) is 2.81. The summed E-state index contributed by atoms with van der Waals surface area (Å²) in [5, 5.41) is 8.22. The predicted octanol–water partition coefficient (Wildman–Crippen LogP) is 3.77. The number of para-hydroxylation sites is 1. The summed E-state index contributed by atoms with van der Waals surface area (Å²) in [6.45, 7) is 5.69. The van der Waals surface area contributed by atoms with E-state index in [1.807, 2.05) is 20.8 Å². The van der Waals surface area contributed by atoms with Crippen molar-refractivity contribution in [1.29, 1.82) is 0 Å². The standard InChI is InChI=1S/C21H22FN5O2S/c1-4-21(2,3)24-19(28)18(15-10-7-8-12-23-15)27(17-11-6-5-9-14(17)22)20(29)16-13-30-26-25-16/h5-13,18H,4H2,1-3H3,(H,24,28)/t18-/m1/s1. The molecule has 1 aromatic carbocycles. The highest BCUT2D eigenvalue weighted by molar-refractivity contribution is 7.03. The van der Waals surface area contributed by atoms with Crippen molar-refractivity contribution in [2.24, 2.45) is 0 Å². The van der Waals surface area contributed by atoms with Crippen LogP contribution in [0.2, 0.25) is 0 Å². The van der Waals surface area contributed by atoms with Crippen molar-refractivity contribution in [2.45, 2.75) is 38.8 Å². The van der Waals surface area contributed by atoms with Gasteiger partial charge in [-0.25, -0.2) is 4.39 Å². The average Bonchev–Trinajstić information content (AvgIpc) is 3.27. The number of amides is 2. The van der Waals surface area contributed by atoms with Crippen LogP contribution in [0.5, 0.6) is 0 Å². The monoisotopic (exact) mass is 427 g/mol. The molecule has 30 heavy (non-hydrogen) atoms. The van der Waals surface area contributed by atoms with Crippen LogP contribution in [0, 0.1) is 5.82 Å². The summed E-state index contributed by atoms with van der Waals surface area (Å²) < 4.78 is 18.5. The van der Waals surface area contributed by atoms with E-state index < -0.39 is 29.2 Å². The normalized spacial score (nSPS) is 12.3. The molecular formula is C21H22FN5O2S. The van der Waals surface area contributed by atoms with Crippen molar-refractivity contribution in [3.63, 3.8) is 0 Å². The molecule has 9 heteroatoms. The van der Waals surface area contributed by atoms with Gasteiger partial charge >= 0.3 is 0 Å². The van der Waals surface area contributed by atoms with Gasteiger partial charge in [-0.3, -0.25) is 19.5 Å². The number of anilines is 1. The Hall–Kier alpha value is -3.20. The molecule has 3 aromatic rings. The lowest BCUT2D eigenvalue weighted by Gasteiger charge is -2.33. The third kappa shape index (κ3) is 4.68. The first kappa shape index (κ1) is 21.5. The zero-order valence-corrected chi connectivity index (χ0v) is 17.7. The number of benzene rings is 1. The van der Waals surface area contributed by atoms with Crippen LogP contribution in [-0.2, 0) is 4.79 Å². The van der Waals surface area contributed by atoms with Crippen LogP contribution in [-0.4, -0.2) is 31.9 Å². The number of rotatable bonds is 7. The van der Waals surface area contributed by atoms with Crippen molar-refractivity contribution in [2.75, 3.05) is 4.90 Å². The van der Waals surface area contributed by atoms with Crippen LogP contribution in [0.4, 0.5) is 10.1 Å². The van der Waals surface area contributed by atoms with E-state index >= 15 is 0 Å². The quantitative estimate of drug-likeness (QED) is 0.620. The molecule has 156 valence electrons. The number of nitrogens with zero attached hydrogens (tertiary/aromatic N) is 4. The van der Waals surface area contributed by atoms with E-state index in [1.54, 1.807) is 24.3 Å². The van der Waals surface area contributed by atoms with Gasteiger partial charge in [0.15, 0.2) is 11.7 Å². The lowest BCUT2D eigenvalue weighted by Crippen LogP contribution is -2.51. The first-order chi connectivity index (χ1) is 14.3. The Morgan fingerprint density at radius 3 is 2.53 bits per heavy atom. The van der Waals surface area contributed by atoms with Crippen molar-refractivity contribution >= 4 is 29.0 Å². The molecule has 1 N–H and O–H groups in total. The molecule has 3 rings (SSSR count). The molecule has 7 nitrogen and oxygen atoms in total. The lowest BCUT2D eigenvalue weighted by atomic mass is 10.00. The van der Waals surface area contributed by atoms with Gasteiger partial charge in [0.1, 0.15) is 5.82 Å². The van der Waals surface area contributed by atoms with Gasteiger partial charge in [-0.05, 0) is 56.1 Å². The molecule has 1 atom stereocenters. The zero-order valence-electron chi connectivity index (χ0n) is 16.9. The van der Waals surface area contributed by atoms with Gasteiger partial charge < -0.3 is 5.32 Å². The number of hydrogen-bond donors (Lipinski definition) is 1. The highest BCUT2D eigenvalue weighted by Gasteiger charge is 2.38. The fraction of sp³-hybridized carbons (Fsp3) is 0.286. The van der Waals surface area contributed by atoms with Gasteiger partial charge in [0.2, 0.25) is 5.91 Å². The highest BCUT2D eigenvalue weighted by Crippen LogP contribution is 2.31. The number of carbonyl (C=O) groups is 2. The van der Waals surface area contributed by atoms with Gasteiger partial charge in [-0.2, -0.15) is 0 Å². The van der Waals surface area contributed by atoms with Crippen LogP contribution in [0.25, 0.3) is 0 Å². The number of aromatic nitrogens is 3. The number of pyridine rings is 1. The number of carbonyl (C=O) groups excluding carboxylic acids is 2. The summed E-state index contributed by atoms with van der Waals surface area (Å²) in [5.74, 6) is -1.76. The molecular weight excluding hydrogens is 405 g/mol. The molecule has 2 amide bonds. The molecule has 0 aliphatic carbocycles. The molecule has 0 radical (unpaired) electrons. The maximum atomic E-state index is 14.8. The summed E-state index contributed by atoms with van der Waals surface area (Å²) >= 11 is 0.996. The van der Waals surface area contributed by atoms with Gasteiger partial charge in [-0.15, -0.1) is 5.10 Å². The van der Waals surface area contributed by atoms with E-state index in [0.29, 0.717) is 12.1 Å². The van der Waals surface area contributed by atoms with Crippen LogP contribution in [0.15, 0.2) is 54.0 Å². The Morgan fingerprint density at radius 2 is 1.93 bits per heavy atom. The second-order valence-corrected chi connectivity index (χ2v) is 7.91. The maximum Gasteiger partial charge on any atom is 0.280 e. The molecule has 0 bridgehead atoms. The minimum atomic E-state index is -1.21. The van der Waals surface area contributed by atoms with E-state index in [4.69, 9.17) is 0 Å². The minimum Gasteiger partial charge on any atom is -0.349 e. The summed E-state index contributed by atoms with van der Waals surface area (Å²) in [5.41, 5.74) is -0.250. The summed E-state index contributed by atoms with van der Waals surface area (Å²) in [6.07, 6.45) is 2.19. The van der Waals surface area contributed by atoms with Crippen LogP contribution in [0.1, 0.15) is 49.4 Å². The average molecular weight is 428 g/mol. The van der Waals surface area contributed by atoms with E-state index in [9.17, 15) is 14.0 Å². The molecule has 0 unspecified atom stereocenters. The van der Waals surface area contributed by atoms with Crippen molar-refractivity contribution < 1.29 is 14.0 Å². The maximum absolute atomic E-state index is 14.8. The van der Waals surface area contributed by atoms with Gasteiger partial charge in [0.05, 0.1) is 11.4 Å². The van der Waals surface area contributed by atoms with Gasteiger partial charge in [0, 0.05) is 17.1 Å². The fourth-order valence-corrected chi connectivity index (χ4v) is 3.24. The Labute approximate surface area is 178 Å².